The van der Waals surface area contributed by atoms with Gasteiger partial charge in [0.05, 0.1) is 5.41 Å². The SMILES string of the molecule is O=C[C@]1(C=C=C2CCCCC2)CC=CCC1. The summed E-state index contributed by atoms with van der Waals surface area (Å²) in [6.45, 7) is 0. The molecule has 0 aromatic carbocycles. The maximum absolute atomic E-state index is 11.2. The van der Waals surface area contributed by atoms with E-state index in [0.29, 0.717) is 0 Å². The minimum absolute atomic E-state index is 0.251. The molecule has 1 nitrogen and oxygen atoms in total. The van der Waals surface area contributed by atoms with Gasteiger partial charge in [-0.3, -0.25) is 0 Å². The standard InChI is InChI=1S/C15H20O/c16-13-15(10-5-2-6-11-15)12-9-14-7-3-1-4-8-14/h2,5,12-13H,1,3-4,6-8,10-11H2/t15-/m1/s1. The molecule has 86 valence electrons. The lowest BCUT2D eigenvalue weighted by atomic mass is 9.78. The lowest BCUT2D eigenvalue weighted by Gasteiger charge is -2.24. The van der Waals surface area contributed by atoms with Crippen molar-refractivity contribution in [3.05, 3.63) is 29.5 Å². The van der Waals surface area contributed by atoms with Gasteiger partial charge in [-0.1, -0.05) is 18.6 Å². The zero-order valence-corrected chi connectivity index (χ0v) is 9.87. The van der Waals surface area contributed by atoms with Crippen molar-refractivity contribution >= 4 is 6.29 Å². The third kappa shape index (κ3) is 2.74. The molecule has 0 spiro atoms. The van der Waals surface area contributed by atoms with Gasteiger partial charge < -0.3 is 4.79 Å². The fourth-order valence-corrected chi connectivity index (χ4v) is 2.52. The van der Waals surface area contributed by atoms with E-state index in [4.69, 9.17) is 0 Å². The Kier molecular flexibility index (Phi) is 3.79. The fourth-order valence-electron chi connectivity index (χ4n) is 2.52. The Morgan fingerprint density at radius 3 is 2.62 bits per heavy atom. The first-order chi connectivity index (χ1) is 7.85. The molecule has 0 bridgehead atoms. The van der Waals surface area contributed by atoms with E-state index >= 15 is 0 Å². The summed E-state index contributed by atoms with van der Waals surface area (Å²) in [4.78, 5) is 11.2. The molecule has 2 aliphatic rings. The summed E-state index contributed by atoms with van der Waals surface area (Å²) in [6.07, 6.45) is 16.6. The Hall–Kier alpha value is -1.07. The molecule has 0 N–H and O–H groups in total. The molecule has 1 saturated carbocycles. The van der Waals surface area contributed by atoms with Crippen LogP contribution in [-0.2, 0) is 4.79 Å². The van der Waals surface area contributed by atoms with Gasteiger partial charge in [0.1, 0.15) is 6.29 Å². The predicted molar refractivity (Wildman–Crippen MR) is 66.2 cm³/mol. The molecule has 0 saturated heterocycles. The van der Waals surface area contributed by atoms with E-state index in [-0.39, 0.29) is 5.41 Å². The number of carbonyl (C=O) groups is 1. The first-order valence-electron chi connectivity index (χ1n) is 6.42. The molecule has 0 amide bonds. The summed E-state index contributed by atoms with van der Waals surface area (Å²) in [5.41, 5.74) is 4.58. The van der Waals surface area contributed by atoms with Gasteiger partial charge >= 0.3 is 0 Å². The highest BCUT2D eigenvalue weighted by atomic mass is 16.1. The molecule has 0 heterocycles. The van der Waals surface area contributed by atoms with E-state index < -0.39 is 0 Å². The fraction of sp³-hybridized carbons (Fsp3) is 0.600. The molecule has 1 atom stereocenters. The van der Waals surface area contributed by atoms with E-state index in [9.17, 15) is 4.79 Å². The third-order valence-corrected chi connectivity index (χ3v) is 3.70. The average Bonchev–Trinajstić information content (AvgIpc) is 2.39. The molecule has 1 heteroatoms. The average molecular weight is 216 g/mol. The van der Waals surface area contributed by atoms with E-state index in [2.05, 4.69) is 17.9 Å². The molecule has 16 heavy (non-hydrogen) atoms. The second-order valence-electron chi connectivity index (χ2n) is 5.02. The molecule has 0 unspecified atom stereocenters. The summed E-state index contributed by atoms with van der Waals surface area (Å²) in [5.74, 6) is 0. The van der Waals surface area contributed by atoms with Crippen LogP contribution >= 0.6 is 0 Å². The topological polar surface area (TPSA) is 17.1 Å². The lowest BCUT2D eigenvalue weighted by Crippen LogP contribution is -2.20. The van der Waals surface area contributed by atoms with Crippen LogP contribution in [-0.4, -0.2) is 6.29 Å². The number of carbonyl (C=O) groups excluding carboxylic acids is 1. The summed E-state index contributed by atoms with van der Waals surface area (Å²) in [7, 11) is 0. The highest BCUT2D eigenvalue weighted by Gasteiger charge is 2.26. The van der Waals surface area contributed by atoms with Crippen LogP contribution in [0.25, 0.3) is 0 Å². The Morgan fingerprint density at radius 2 is 2.00 bits per heavy atom. The predicted octanol–water partition coefficient (Wildman–Crippen LogP) is 3.96. The molecule has 0 aromatic heterocycles. The van der Waals surface area contributed by atoms with Crippen molar-refractivity contribution in [3.8, 4) is 0 Å². The van der Waals surface area contributed by atoms with Gasteiger partial charge in [-0.25, -0.2) is 0 Å². The highest BCUT2D eigenvalue weighted by Crippen LogP contribution is 2.32. The number of allylic oxidation sites excluding steroid dienone is 3. The summed E-state index contributed by atoms with van der Waals surface area (Å²) in [5, 5.41) is 0. The van der Waals surface area contributed by atoms with Gasteiger partial charge in [0.25, 0.3) is 0 Å². The van der Waals surface area contributed by atoms with Crippen molar-refractivity contribution in [2.24, 2.45) is 5.41 Å². The minimum Gasteiger partial charge on any atom is -0.302 e. The van der Waals surface area contributed by atoms with Crippen molar-refractivity contribution < 1.29 is 4.79 Å². The zero-order chi connectivity index (χ0) is 11.3. The van der Waals surface area contributed by atoms with Gasteiger partial charge in [0.2, 0.25) is 0 Å². The van der Waals surface area contributed by atoms with Gasteiger partial charge in [0, 0.05) is 0 Å². The van der Waals surface area contributed by atoms with Crippen LogP contribution in [0.4, 0.5) is 0 Å². The maximum atomic E-state index is 11.2. The van der Waals surface area contributed by atoms with Crippen LogP contribution in [0, 0.1) is 5.41 Å². The van der Waals surface area contributed by atoms with Crippen LogP contribution < -0.4 is 0 Å². The zero-order valence-electron chi connectivity index (χ0n) is 9.87. The van der Waals surface area contributed by atoms with Gasteiger partial charge in [-0.2, -0.15) is 0 Å². The quantitative estimate of drug-likeness (QED) is 0.388. The Balaban J connectivity index is 2.13. The number of rotatable bonds is 2. The van der Waals surface area contributed by atoms with Gasteiger partial charge in [-0.15, -0.1) is 5.73 Å². The lowest BCUT2D eigenvalue weighted by molar-refractivity contribution is -0.114. The normalized spacial score (nSPS) is 29.6. The van der Waals surface area contributed by atoms with Crippen molar-refractivity contribution in [1.29, 1.82) is 0 Å². The Morgan fingerprint density at radius 1 is 1.19 bits per heavy atom. The number of hydrogen-bond acceptors (Lipinski definition) is 1. The van der Waals surface area contributed by atoms with E-state index in [1.165, 1.54) is 37.7 Å². The van der Waals surface area contributed by atoms with Gasteiger partial charge in [0.15, 0.2) is 0 Å². The first-order valence-corrected chi connectivity index (χ1v) is 6.42. The van der Waals surface area contributed by atoms with Crippen LogP contribution in [0.15, 0.2) is 29.5 Å². The van der Waals surface area contributed by atoms with Crippen LogP contribution in [0.1, 0.15) is 51.4 Å². The molecule has 1 fully saturated rings. The van der Waals surface area contributed by atoms with Crippen molar-refractivity contribution in [1.82, 2.24) is 0 Å². The number of hydrogen-bond donors (Lipinski definition) is 0. The van der Waals surface area contributed by atoms with Crippen LogP contribution in [0.3, 0.4) is 0 Å². The first kappa shape index (κ1) is 11.4. The molecular formula is C15H20O. The van der Waals surface area contributed by atoms with Crippen molar-refractivity contribution in [2.75, 3.05) is 0 Å². The van der Waals surface area contributed by atoms with Crippen molar-refractivity contribution in [2.45, 2.75) is 51.4 Å². The Labute approximate surface area is 97.9 Å². The maximum Gasteiger partial charge on any atom is 0.130 e. The van der Waals surface area contributed by atoms with Crippen LogP contribution in [0.5, 0.6) is 0 Å². The third-order valence-electron chi connectivity index (χ3n) is 3.70. The molecule has 2 aliphatic carbocycles. The second kappa shape index (κ2) is 5.32. The summed E-state index contributed by atoms with van der Waals surface area (Å²) in [6, 6.07) is 0. The molecule has 2 rings (SSSR count). The minimum atomic E-state index is -0.251. The molecule has 0 radical (unpaired) electrons. The van der Waals surface area contributed by atoms with E-state index in [0.717, 1.165) is 25.5 Å². The monoisotopic (exact) mass is 216 g/mol. The second-order valence-corrected chi connectivity index (χ2v) is 5.02. The molecule has 0 aliphatic heterocycles. The van der Waals surface area contributed by atoms with E-state index in [1.54, 1.807) is 0 Å². The van der Waals surface area contributed by atoms with E-state index in [1.807, 2.05) is 6.08 Å². The summed E-state index contributed by atoms with van der Waals surface area (Å²) < 4.78 is 0. The van der Waals surface area contributed by atoms with Crippen molar-refractivity contribution in [3.63, 3.8) is 0 Å². The molecular weight excluding hydrogens is 196 g/mol. The van der Waals surface area contributed by atoms with Crippen LogP contribution in [0.2, 0.25) is 0 Å². The largest absolute Gasteiger partial charge is 0.302 e. The highest BCUT2D eigenvalue weighted by molar-refractivity contribution is 5.63. The molecule has 0 aromatic rings. The Bertz CT molecular complexity index is 336. The van der Waals surface area contributed by atoms with Gasteiger partial charge in [-0.05, 0) is 56.6 Å². The number of aldehydes is 1. The summed E-state index contributed by atoms with van der Waals surface area (Å²) >= 11 is 0. The smallest absolute Gasteiger partial charge is 0.130 e.